The number of hydrogen-bond acceptors (Lipinski definition) is 3. The zero-order valence-electron chi connectivity index (χ0n) is 14.7. The first-order valence-corrected chi connectivity index (χ1v) is 8.29. The van der Waals surface area contributed by atoms with Crippen LogP contribution in [0.3, 0.4) is 0 Å². The number of hydrogen-bond donors (Lipinski definition) is 1. The lowest BCUT2D eigenvalue weighted by Crippen LogP contribution is -2.32. The summed E-state index contributed by atoms with van der Waals surface area (Å²) in [5.74, 6) is 6.20. The number of carbonyl (C=O) groups excluding carboxylic acids is 1. The van der Waals surface area contributed by atoms with Gasteiger partial charge in [0.1, 0.15) is 16.8 Å². The van der Waals surface area contributed by atoms with Gasteiger partial charge < -0.3 is 14.5 Å². The Bertz CT molecular complexity index is 967. The van der Waals surface area contributed by atoms with Crippen molar-refractivity contribution in [2.24, 2.45) is 0 Å². The Morgan fingerprint density at radius 2 is 1.88 bits per heavy atom. The van der Waals surface area contributed by atoms with E-state index in [-0.39, 0.29) is 0 Å². The van der Waals surface area contributed by atoms with Crippen molar-refractivity contribution in [3.05, 3.63) is 48.0 Å². The minimum absolute atomic E-state index is 0.416. The number of fused-ring (bicyclic) bond motifs is 3. The van der Waals surface area contributed by atoms with Gasteiger partial charge in [-0.3, -0.25) is 0 Å². The fraction of sp³-hybridized carbons (Fsp3) is 0.286. The molecule has 0 aliphatic carbocycles. The largest absolute Gasteiger partial charge is 0.456 e. The number of ether oxygens (including phenoxy) is 1. The smallest absolute Gasteiger partial charge is 0.407 e. The monoisotopic (exact) mass is 335 g/mol. The maximum Gasteiger partial charge on any atom is 0.407 e. The Kier molecular flexibility index (Phi) is 4.67. The predicted molar refractivity (Wildman–Crippen MR) is 99.5 cm³/mol. The molecule has 0 aliphatic heterocycles. The lowest BCUT2D eigenvalue weighted by molar-refractivity contribution is 0.0529. The van der Waals surface area contributed by atoms with Crippen LogP contribution >= 0.6 is 0 Å². The van der Waals surface area contributed by atoms with Crippen molar-refractivity contribution in [3.63, 3.8) is 0 Å². The lowest BCUT2D eigenvalue weighted by Gasteiger charge is -2.19. The topological polar surface area (TPSA) is 51.5 Å². The fourth-order valence-electron chi connectivity index (χ4n) is 2.51. The molecule has 1 amide bonds. The summed E-state index contributed by atoms with van der Waals surface area (Å²) in [7, 11) is 0. The van der Waals surface area contributed by atoms with Gasteiger partial charge in [-0.1, -0.05) is 30.0 Å². The number of para-hydroxylation sites is 1. The summed E-state index contributed by atoms with van der Waals surface area (Å²) < 4.78 is 11.0. The summed E-state index contributed by atoms with van der Waals surface area (Å²) >= 11 is 0. The van der Waals surface area contributed by atoms with E-state index in [1.54, 1.807) is 0 Å². The van der Waals surface area contributed by atoms with Crippen LogP contribution in [0.5, 0.6) is 0 Å². The predicted octanol–water partition coefficient (Wildman–Crippen LogP) is 4.85. The molecule has 0 unspecified atom stereocenters. The SMILES string of the molecule is CC(C)(C)OC(=O)NCCC#Cc1ccc2oc3ccccc3c2c1. The molecule has 0 radical (unpaired) electrons. The van der Waals surface area contributed by atoms with Gasteiger partial charge in [-0.25, -0.2) is 4.79 Å². The van der Waals surface area contributed by atoms with E-state index >= 15 is 0 Å². The minimum atomic E-state index is -0.488. The Balaban J connectivity index is 1.63. The molecule has 25 heavy (non-hydrogen) atoms. The van der Waals surface area contributed by atoms with Crippen LogP contribution in [0, 0.1) is 11.8 Å². The first-order chi connectivity index (χ1) is 11.9. The minimum Gasteiger partial charge on any atom is -0.456 e. The molecule has 0 aliphatic rings. The van der Waals surface area contributed by atoms with Crippen LogP contribution in [-0.2, 0) is 4.74 Å². The van der Waals surface area contributed by atoms with Gasteiger partial charge in [0.05, 0.1) is 0 Å². The third-order valence-electron chi connectivity index (χ3n) is 3.53. The van der Waals surface area contributed by atoms with Gasteiger partial charge in [0, 0.05) is 29.3 Å². The van der Waals surface area contributed by atoms with Crippen LogP contribution in [0.15, 0.2) is 46.9 Å². The number of rotatable bonds is 2. The van der Waals surface area contributed by atoms with Crippen molar-refractivity contribution in [1.82, 2.24) is 5.32 Å². The third-order valence-corrected chi connectivity index (χ3v) is 3.53. The highest BCUT2D eigenvalue weighted by Gasteiger charge is 2.15. The normalized spacial score (nSPS) is 11.2. The van der Waals surface area contributed by atoms with Crippen molar-refractivity contribution >= 4 is 28.0 Å². The summed E-state index contributed by atoms with van der Waals surface area (Å²) in [5, 5.41) is 4.85. The average molecular weight is 335 g/mol. The van der Waals surface area contributed by atoms with Crippen LogP contribution in [0.25, 0.3) is 21.9 Å². The van der Waals surface area contributed by atoms with Crippen molar-refractivity contribution in [2.45, 2.75) is 32.8 Å². The molecule has 2 aromatic carbocycles. The van der Waals surface area contributed by atoms with E-state index in [9.17, 15) is 4.79 Å². The molecule has 4 nitrogen and oxygen atoms in total. The van der Waals surface area contributed by atoms with E-state index in [0.29, 0.717) is 13.0 Å². The van der Waals surface area contributed by atoms with E-state index in [0.717, 1.165) is 27.5 Å². The Morgan fingerprint density at radius 1 is 1.12 bits per heavy atom. The van der Waals surface area contributed by atoms with Gasteiger partial charge in [0.2, 0.25) is 0 Å². The van der Waals surface area contributed by atoms with Gasteiger partial charge in [-0.05, 0) is 45.0 Å². The highest BCUT2D eigenvalue weighted by molar-refractivity contribution is 6.05. The molecule has 128 valence electrons. The lowest BCUT2D eigenvalue weighted by atomic mass is 10.1. The fourth-order valence-corrected chi connectivity index (χ4v) is 2.51. The number of amides is 1. The summed E-state index contributed by atoms with van der Waals surface area (Å²) in [5.41, 5.74) is 2.18. The highest BCUT2D eigenvalue weighted by Crippen LogP contribution is 2.28. The zero-order chi connectivity index (χ0) is 17.9. The van der Waals surface area contributed by atoms with Crippen molar-refractivity contribution < 1.29 is 13.9 Å². The first-order valence-electron chi connectivity index (χ1n) is 8.29. The van der Waals surface area contributed by atoms with Gasteiger partial charge in [-0.2, -0.15) is 0 Å². The van der Waals surface area contributed by atoms with Gasteiger partial charge in [0.15, 0.2) is 0 Å². The molecule has 3 rings (SSSR count). The third kappa shape index (κ3) is 4.33. The van der Waals surface area contributed by atoms with E-state index < -0.39 is 11.7 Å². The Hall–Kier alpha value is -2.93. The maximum atomic E-state index is 11.5. The molecule has 0 atom stereocenters. The molecular weight excluding hydrogens is 314 g/mol. The maximum absolute atomic E-state index is 11.5. The van der Waals surface area contributed by atoms with E-state index in [1.807, 2.05) is 63.2 Å². The summed E-state index contributed by atoms with van der Waals surface area (Å²) in [4.78, 5) is 11.5. The van der Waals surface area contributed by atoms with Crippen molar-refractivity contribution in [3.8, 4) is 11.8 Å². The number of nitrogens with one attached hydrogen (secondary N) is 1. The zero-order valence-corrected chi connectivity index (χ0v) is 14.7. The quantitative estimate of drug-likeness (QED) is 0.538. The number of carbonyl (C=O) groups is 1. The molecule has 0 spiro atoms. The van der Waals surface area contributed by atoms with Crippen LogP contribution in [-0.4, -0.2) is 18.2 Å². The standard InChI is InChI=1S/C21H21NO3/c1-21(2,3)25-20(23)22-13-7-6-8-15-11-12-19-17(14-15)16-9-4-5-10-18(16)24-19/h4-5,9-12,14H,7,13H2,1-3H3,(H,22,23). The van der Waals surface area contributed by atoms with E-state index in [4.69, 9.17) is 9.15 Å². The highest BCUT2D eigenvalue weighted by atomic mass is 16.6. The van der Waals surface area contributed by atoms with Crippen LogP contribution in [0.2, 0.25) is 0 Å². The van der Waals surface area contributed by atoms with Gasteiger partial charge in [0.25, 0.3) is 0 Å². The second-order valence-corrected chi connectivity index (χ2v) is 6.79. The van der Waals surface area contributed by atoms with Crippen LogP contribution < -0.4 is 5.32 Å². The molecule has 0 saturated carbocycles. The van der Waals surface area contributed by atoms with Gasteiger partial charge >= 0.3 is 6.09 Å². The van der Waals surface area contributed by atoms with E-state index in [1.165, 1.54) is 0 Å². The van der Waals surface area contributed by atoms with Crippen LogP contribution in [0.1, 0.15) is 32.8 Å². The Morgan fingerprint density at radius 3 is 2.68 bits per heavy atom. The van der Waals surface area contributed by atoms with Gasteiger partial charge in [-0.15, -0.1) is 0 Å². The number of furan rings is 1. The molecule has 0 bridgehead atoms. The summed E-state index contributed by atoms with van der Waals surface area (Å²) in [6.45, 7) is 5.96. The molecule has 4 heteroatoms. The second kappa shape index (κ2) is 6.90. The number of alkyl carbamates (subject to hydrolysis) is 1. The molecule has 3 aromatic rings. The molecule has 1 aromatic heterocycles. The molecule has 1 N–H and O–H groups in total. The molecule has 0 fully saturated rings. The summed E-state index contributed by atoms with van der Waals surface area (Å²) in [6, 6.07) is 13.9. The average Bonchev–Trinajstić information content (AvgIpc) is 2.91. The molecular formula is C21H21NO3. The van der Waals surface area contributed by atoms with Crippen molar-refractivity contribution in [2.75, 3.05) is 6.54 Å². The van der Waals surface area contributed by atoms with E-state index in [2.05, 4.69) is 17.2 Å². The first kappa shape index (κ1) is 16.9. The Labute approximate surface area is 147 Å². The molecule has 1 heterocycles. The second-order valence-electron chi connectivity index (χ2n) is 6.79. The summed E-state index contributed by atoms with van der Waals surface area (Å²) in [6.07, 6.45) is 0.143. The molecule has 0 saturated heterocycles. The van der Waals surface area contributed by atoms with Crippen molar-refractivity contribution in [1.29, 1.82) is 0 Å². The number of benzene rings is 2. The van der Waals surface area contributed by atoms with Crippen LogP contribution in [0.4, 0.5) is 4.79 Å².